The van der Waals surface area contributed by atoms with E-state index in [4.69, 9.17) is 4.74 Å². The monoisotopic (exact) mass is 262 g/mol. The second kappa shape index (κ2) is 5.61. The Kier molecular flexibility index (Phi) is 3.90. The lowest BCUT2D eigenvalue weighted by molar-refractivity contribution is 0.112. The fourth-order valence-electron chi connectivity index (χ4n) is 1.72. The molecule has 4 heteroatoms. The number of ether oxygens (including phenoxy) is 1. The van der Waals surface area contributed by atoms with Gasteiger partial charge in [-0.3, -0.25) is 4.79 Å². The third kappa shape index (κ3) is 3.37. The lowest BCUT2D eigenvalue weighted by Crippen LogP contribution is -1.98. The fourth-order valence-corrected chi connectivity index (χ4v) is 1.72. The summed E-state index contributed by atoms with van der Waals surface area (Å²) in [5, 5.41) is 0. The molecule has 0 atom stereocenters. The number of hydrogen-bond donors (Lipinski definition) is 0. The number of benzene rings is 2. The zero-order valence-electron chi connectivity index (χ0n) is 10.3. The predicted molar refractivity (Wildman–Crippen MR) is 67.3 cm³/mol. The minimum Gasteiger partial charge on any atom is -0.489 e. The molecule has 0 amide bonds. The molecule has 0 spiro atoms. The van der Waals surface area contributed by atoms with Gasteiger partial charge in [0, 0.05) is 5.56 Å². The van der Waals surface area contributed by atoms with Gasteiger partial charge in [-0.1, -0.05) is 6.07 Å². The molecular weight excluding hydrogens is 250 g/mol. The fraction of sp³-hybridized carbons (Fsp3) is 0.133. The molecule has 0 bridgehead atoms. The van der Waals surface area contributed by atoms with E-state index in [1.807, 2.05) is 6.92 Å². The van der Waals surface area contributed by atoms with Gasteiger partial charge in [-0.15, -0.1) is 0 Å². The van der Waals surface area contributed by atoms with Gasteiger partial charge in [-0.25, -0.2) is 8.78 Å². The van der Waals surface area contributed by atoms with E-state index >= 15 is 0 Å². The molecule has 0 N–H and O–H groups in total. The molecule has 0 aromatic heterocycles. The summed E-state index contributed by atoms with van der Waals surface area (Å²) in [6, 6.07) is 8.70. The van der Waals surface area contributed by atoms with Gasteiger partial charge >= 0.3 is 0 Å². The van der Waals surface area contributed by atoms with Crippen LogP contribution in [0.5, 0.6) is 5.75 Å². The van der Waals surface area contributed by atoms with Crippen molar-refractivity contribution in [2.45, 2.75) is 13.5 Å². The standard InChI is InChI=1S/C15H12F2O2/c1-10-4-12(8-18)6-13(5-10)19-9-11-2-3-14(16)15(17)7-11/h2-8H,9H2,1H3. The second-order valence-electron chi connectivity index (χ2n) is 4.23. The Labute approximate surface area is 109 Å². The van der Waals surface area contributed by atoms with Crippen molar-refractivity contribution in [3.8, 4) is 5.75 Å². The Morgan fingerprint density at radius 1 is 1.11 bits per heavy atom. The first-order valence-electron chi connectivity index (χ1n) is 5.72. The first-order chi connectivity index (χ1) is 9.08. The molecule has 0 aliphatic heterocycles. The van der Waals surface area contributed by atoms with E-state index < -0.39 is 11.6 Å². The summed E-state index contributed by atoms with van der Waals surface area (Å²) in [5.74, 6) is -1.27. The highest BCUT2D eigenvalue weighted by molar-refractivity contribution is 5.76. The Bertz CT molecular complexity index is 609. The third-order valence-corrected chi connectivity index (χ3v) is 2.60. The molecule has 0 fully saturated rings. The van der Waals surface area contributed by atoms with Crippen molar-refractivity contribution in [2.75, 3.05) is 0 Å². The van der Waals surface area contributed by atoms with Gasteiger partial charge in [0.05, 0.1) is 0 Å². The van der Waals surface area contributed by atoms with Gasteiger partial charge in [0.1, 0.15) is 18.6 Å². The molecule has 19 heavy (non-hydrogen) atoms. The third-order valence-electron chi connectivity index (χ3n) is 2.60. The average molecular weight is 262 g/mol. The number of carbonyl (C=O) groups is 1. The van der Waals surface area contributed by atoms with Crippen LogP contribution < -0.4 is 4.74 Å². The van der Waals surface area contributed by atoms with Crippen LogP contribution in [0.15, 0.2) is 36.4 Å². The van der Waals surface area contributed by atoms with Crippen molar-refractivity contribution < 1.29 is 18.3 Å². The summed E-state index contributed by atoms with van der Waals surface area (Å²) >= 11 is 0. The molecule has 0 heterocycles. The zero-order valence-corrected chi connectivity index (χ0v) is 10.3. The van der Waals surface area contributed by atoms with Crippen molar-refractivity contribution in [3.63, 3.8) is 0 Å². The van der Waals surface area contributed by atoms with Crippen molar-refractivity contribution in [3.05, 3.63) is 64.7 Å². The molecule has 0 saturated heterocycles. The first-order valence-corrected chi connectivity index (χ1v) is 5.72. The number of hydrogen-bond acceptors (Lipinski definition) is 2. The topological polar surface area (TPSA) is 26.3 Å². The van der Waals surface area contributed by atoms with Crippen molar-refractivity contribution in [1.82, 2.24) is 0 Å². The summed E-state index contributed by atoms with van der Waals surface area (Å²) in [4.78, 5) is 10.7. The van der Waals surface area contributed by atoms with Gasteiger partial charge in [0.2, 0.25) is 0 Å². The molecule has 0 radical (unpaired) electrons. The maximum Gasteiger partial charge on any atom is 0.159 e. The molecule has 2 nitrogen and oxygen atoms in total. The van der Waals surface area contributed by atoms with E-state index in [1.165, 1.54) is 6.07 Å². The van der Waals surface area contributed by atoms with E-state index in [0.29, 0.717) is 16.9 Å². The van der Waals surface area contributed by atoms with Crippen LogP contribution in [0.3, 0.4) is 0 Å². The zero-order chi connectivity index (χ0) is 13.8. The molecule has 0 aliphatic carbocycles. The van der Waals surface area contributed by atoms with Crippen molar-refractivity contribution in [2.24, 2.45) is 0 Å². The molecular formula is C15H12F2O2. The SMILES string of the molecule is Cc1cc(C=O)cc(OCc2ccc(F)c(F)c2)c1. The van der Waals surface area contributed by atoms with Crippen LogP contribution >= 0.6 is 0 Å². The number of carbonyl (C=O) groups excluding carboxylic acids is 1. The Morgan fingerprint density at radius 2 is 1.89 bits per heavy atom. The summed E-state index contributed by atoms with van der Waals surface area (Å²) in [5.41, 5.74) is 1.93. The minimum atomic E-state index is -0.904. The minimum absolute atomic E-state index is 0.110. The van der Waals surface area contributed by atoms with Crippen LogP contribution in [0.25, 0.3) is 0 Å². The van der Waals surface area contributed by atoms with Gasteiger partial charge < -0.3 is 4.74 Å². The lowest BCUT2D eigenvalue weighted by atomic mass is 10.1. The van der Waals surface area contributed by atoms with Crippen molar-refractivity contribution >= 4 is 6.29 Å². The van der Waals surface area contributed by atoms with Crippen LogP contribution in [0.2, 0.25) is 0 Å². The highest BCUT2D eigenvalue weighted by Gasteiger charge is 2.04. The molecule has 98 valence electrons. The van der Waals surface area contributed by atoms with Gasteiger partial charge in [-0.2, -0.15) is 0 Å². The molecule has 0 unspecified atom stereocenters. The summed E-state index contributed by atoms with van der Waals surface area (Å²) < 4.78 is 31.2. The first kappa shape index (κ1) is 13.2. The molecule has 2 aromatic rings. The predicted octanol–water partition coefficient (Wildman–Crippen LogP) is 3.66. The molecule has 0 saturated carbocycles. The van der Waals surface area contributed by atoms with Crippen LogP contribution in [0, 0.1) is 18.6 Å². The number of halogens is 2. The normalized spacial score (nSPS) is 10.3. The summed E-state index contributed by atoms with van der Waals surface area (Å²) in [6.45, 7) is 1.95. The van der Waals surface area contributed by atoms with Crippen LogP contribution in [-0.4, -0.2) is 6.29 Å². The van der Waals surface area contributed by atoms with E-state index in [0.717, 1.165) is 24.0 Å². The maximum absolute atomic E-state index is 13.0. The van der Waals surface area contributed by atoms with Gasteiger partial charge in [0.25, 0.3) is 0 Å². The number of aryl methyl sites for hydroxylation is 1. The van der Waals surface area contributed by atoms with Gasteiger partial charge in [-0.05, 0) is 48.4 Å². The quantitative estimate of drug-likeness (QED) is 0.786. The summed E-state index contributed by atoms with van der Waals surface area (Å²) in [6.07, 6.45) is 0.734. The lowest BCUT2D eigenvalue weighted by Gasteiger charge is -2.08. The van der Waals surface area contributed by atoms with Crippen LogP contribution in [0.4, 0.5) is 8.78 Å². The highest BCUT2D eigenvalue weighted by Crippen LogP contribution is 2.18. The second-order valence-corrected chi connectivity index (χ2v) is 4.23. The van der Waals surface area contributed by atoms with E-state index in [2.05, 4.69) is 0 Å². The van der Waals surface area contributed by atoms with E-state index in [-0.39, 0.29) is 6.61 Å². The largest absolute Gasteiger partial charge is 0.489 e. The van der Waals surface area contributed by atoms with E-state index in [1.54, 1.807) is 18.2 Å². The summed E-state index contributed by atoms with van der Waals surface area (Å²) in [7, 11) is 0. The number of aldehydes is 1. The smallest absolute Gasteiger partial charge is 0.159 e. The van der Waals surface area contributed by atoms with Crippen LogP contribution in [-0.2, 0) is 6.61 Å². The van der Waals surface area contributed by atoms with Crippen LogP contribution in [0.1, 0.15) is 21.5 Å². The Hall–Kier alpha value is -2.23. The molecule has 2 rings (SSSR count). The Balaban J connectivity index is 2.11. The number of rotatable bonds is 4. The Morgan fingerprint density at radius 3 is 2.58 bits per heavy atom. The molecule has 2 aromatic carbocycles. The molecule has 0 aliphatic rings. The van der Waals surface area contributed by atoms with Gasteiger partial charge in [0.15, 0.2) is 11.6 Å². The average Bonchev–Trinajstić information content (AvgIpc) is 2.39. The maximum atomic E-state index is 13.0. The van der Waals surface area contributed by atoms with E-state index in [9.17, 15) is 13.6 Å². The highest BCUT2D eigenvalue weighted by atomic mass is 19.2. The van der Waals surface area contributed by atoms with Crippen molar-refractivity contribution in [1.29, 1.82) is 0 Å².